The van der Waals surface area contributed by atoms with Crippen LogP contribution in [0.2, 0.25) is 5.02 Å². The summed E-state index contributed by atoms with van der Waals surface area (Å²) >= 11 is 6.18. The molecule has 0 radical (unpaired) electrons. The molecule has 31 heavy (non-hydrogen) atoms. The fourth-order valence-corrected chi connectivity index (χ4v) is 4.25. The topological polar surface area (TPSA) is 114 Å². The van der Waals surface area contributed by atoms with E-state index in [2.05, 4.69) is 20.2 Å². The summed E-state index contributed by atoms with van der Waals surface area (Å²) in [5.41, 5.74) is 7.73. The third-order valence-electron chi connectivity index (χ3n) is 5.87. The number of nitrogens with two attached hydrogens (primary N) is 1. The Hall–Kier alpha value is -2.42. The predicted octanol–water partition coefficient (Wildman–Crippen LogP) is 4.10. The number of hydrogen-bond acceptors (Lipinski definition) is 7. The van der Waals surface area contributed by atoms with Gasteiger partial charge in [0, 0.05) is 16.8 Å². The SMILES string of the molecule is CC(C)(CO)Nc1ncc2nc(Nc3cccc(Cl)c3)n([C@H]3CC[C@@H](CN)CC3)c2n1. The van der Waals surface area contributed by atoms with E-state index >= 15 is 0 Å². The van der Waals surface area contributed by atoms with Crippen molar-refractivity contribution in [1.29, 1.82) is 0 Å². The standard InChI is InChI=1S/C22H30ClN7O/c1-22(2,13-31)29-20-25-12-18-19(28-20)30(17-8-6-14(11-24)7-9-17)21(27-18)26-16-5-3-4-15(23)10-16/h3-5,10,12,14,17,31H,6-9,11,13,24H2,1-2H3,(H,26,27)(H,25,28,29)/t14-,17+. The summed E-state index contributed by atoms with van der Waals surface area (Å²) in [4.78, 5) is 14.0. The number of nitrogens with zero attached hydrogens (tertiary/aromatic N) is 4. The third-order valence-corrected chi connectivity index (χ3v) is 6.11. The number of anilines is 3. The molecule has 4 rings (SSSR count). The van der Waals surface area contributed by atoms with Gasteiger partial charge >= 0.3 is 0 Å². The predicted molar refractivity (Wildman–Crippen MR) is 125 cm³/mol. The molecule has 1 saturated carbocycles. The Morgan fingerprint density at radius 1 is 1.23 bits per heavy atom. The molecule has 0 spiro atoms. The molecule has 0 aliphatic heterocycles. The van der Waals surface area contributed by atoms with Crippen LogP contribution in [0.25, 0.3) is 11.2 Å². The molecule has 5 N–H and O–H groups in total. The highest BCUT2D eigenvalue weighted by atomic mass is 35.5. The van der Waals surface area contributed by atoms with Crippen LogP contribution in [0, 0.1) is 5.92 Å². The highest BCUT2D eigenvalue weighted by Gasteiger charge is 2.27. The van der Waals surface area contributed by atoms with Gasteiger partial charge in [-0.15, -0.1) is 0 Å². The second-order valence-electron chi connectivity index (χ2n) is 8.92. The van der Waals surface area contributed by atoms with Crippen LogP contribution >= 0.6 is 11.6 Å². The van der Waals surface area contributed by atoms with Crippen molar-refractivity contribution in [3.63, 3.8) is 0 Å². The Kier molecular flexibility index (Phi) is 6.31. The maximum Gasteiger partial charge on any atom is 0.225 e. The second kappa shape index (κ2) is 8.98. The van der Waals surface area contributed by atoms with Crippen LogP contribution in [0.5, 0.6) is 0 Å². The van der Waals surface area contributed by atoms with Gasteiger partial charge < -0.3 is 21.5 Å². The highest BCUT2D eigenvalue weighted by Crippen LogP contribution is 2.37. The quantitative estimate of drug-likeness (QED) is 0.434. The number of aromatic nitrogens is 4. The van der Waals surface area contributed by atoms with E-state index < -0.39 is 5.54 Å². The van der Waals surface area contributed by atoms with Gasteiger partial charge in [-0.05, 0) is 70.2 Å². The van der Waals surface area contributed by atoms with E-state index in [0.717, 1.165) is 55.0 Å². The van der Waals surface area contributed by atoms with Gasteiger partial charge in [-0.25, -0.2) is 9.97 Å². The van der Waals surface area contributed by atoms with E-state index in [1.807, 2.05) is 38.1 Å². The van der Waals surface area contributed by atoms with Gasteiger partial charge in [-0.3, -0.25) is 4.57 Å². The largest absolute Gasteiger partial charge is 0.394 e. The van der Waals surface area contributed by atoms with Crippen LogP contribution in [0.1, 0.15) is 45.6 Å². The minimum atomic E-state index is -0.528. The lowest BCUT2D eigenvalue weighted by atomic mass is 9.86. The van der Waals surface area contributed by atoms with Crippen LogP contribution in [0.15, 0.2) is 30.5 Å². The van der Waals surface area contributed by atoms with E-state index in [-0.39, 0.29) is 12.6 Å². The first-order valence-corrected chi connectivity index (χ1v) is 11.1. The maximum atomic E-state index is 9.60. The van der Waals surface area contributed by atoms with Gasteiger partial charge in [0.25, 0.3) is 0 Å². The molecule has 9 heteroatoms. The number of aliphatic hydroxyl groups excluding tert-OH is 1. The Bertz CT molecular complexity index is 1040. The van der Waals surface area contributed by atoms with E-state index in [9.17, 15) is 5.11 Å². The normalized spacial score (nSPS) is 19.5. The summed E-state index contributed by atoms with van der Waals surface area (Å²) in [5, 5.41) is 16.9. The summed E-state index contributed by atoms with van der Waals surface area (Å²) in [5.74, 6) is 1.77. The maximum absolute atomic E-state index is 9.60. The zero-order valence-electron chi connectivity index (χ0n) is 18.0. The van der Waals surface area contributed by atoms with Crippen molar-refractivity contribution >= 4 is 40.3 Å². The first-order valence-electron chi connectivity index (χ1n) is 10.7. The van der Waals surface area contributed by atoms with Gasteiger partial charge in [0.1, 0.15) is 5.52 Å². The summed E-state index contributed by atoms with van der Waals surface area (Å²) < 4.78 is 2.18. The summed E-state index contributed by atoms with van der Waals surface area (Å²) in [7, 11) is 0. The van der Waals surface area contributed by atoms with Crippen LogP contribution in [0.4, 0.5) is 17.6 Å². The Morgan fingerprint density at radius 2 is 2.00 bits per heavy atom. The average Bonchev–Trinajstić information content (AvgIpc) is 3.10. The molecule has 166 valence electrons. The Labute approximate surface area is 187 Å². The number of fused-ring (bicyclic) bond motifs is 1. The molecule has 0 amide bonds. The molecule has 0 saturated heterocycles. The van der Waals surface area contributed by atoms with Crippen LogP contribution in [0.3, 0.4) is 0 Å². The second-order valence-corrected chi connectivity index (χ2v) is 9.36. The van der Waals surface area contributed by atoms with Gasteiger partial charge in [-0.1, -0.05) is 17.7 Å². The summed E-state index contributed by atoms with van der Waals surface area (Å²) in [6.07, 6.45) is 5.94. The highest BCUT2D eigenvalue weighted by molar-refractivity contribution is 6.30. The van der Waals surface area contributed by atoms with E-state index in [1.165, 1.54) is 0 Å². The van der Waals surface area contributed by atoms with Crippen molar-refractivity contribution in [3.8, 4) is 0 Å². The molecular weight excluding hydrogens is 414 g/mol. The molecule has 0 bridgehead atoms. The number of imidazole rings is 1. The Balaban J connectivity index is 1.74. The van der Waals surface area contributed by atoms with Gasteiger partial charge in [0.15, 0.2) is 5.65 Å². The van der Waals surface area contributed by atoms with E-state index in [1.54, 1.807) is 6.20 Å². The van der Waals surface area contributed by atoms with Crippen molar-refractivity contribution in [2.45, 2.75) is 51.1 Å². The number of hydrogen-bond donors (Lipinski definition) is 4. The molecule has 0 unspecified atom stereocenters. The Morgan fingerprint density at radius 3 is 2.68 bits per heavy atom. The zero-order chi connectivity index (χ0) is 22.0. The number of rotatable bonds is 7. The third kappa shape index (κ3) is 4.92. The van der Waals surface area contributed by atoms with Crippen LogP contribution in [-0.2, 0) is 0 Å². The van der Waals surface area contributed by atoms with Crippen LogP contribution < -0.4 is 16.4 Å². The lowest BCUT2D eigenvalue weighted by Crippen LogP contribution is -2.35. The fraction of sp³-hybridized carbons (Fsp3) is 0.500. The number of halogens is 1. The zero-order valence-corrected chi connectivity index (χ0v) is 18.7. The molecule has 8 nitrogen and oxygen atoms in total. The van der Waals surface area contributed by atoms with E-state index in [0.29, 0.717) is 16.9 Å². The molecule has 0 atom stereocenters. The molecular formula is C22H30ClN7O. The van der Waals surface area contributed by atoms with Crippen molar-refractivity contribution < 1.29 is 5.11 Å². The average molecular weight is 444 g/mol. The smallest absolute Gasteiger partial charge is 0.225 e. The minimum Gasteiger partial charge on any atom is -0.394 e. The van der Waals surface area contributed by atoms with Crippen molar-refractivity contribution in [3.05, 3.63) is 35.5 Å². The lowest BCUT2D eigenvalue weighted by molar-refractivity contribution is 0.233. The van der Waals surface area contributed by atoms with Crippen molar-refractivity contribution in [2.75, 3.05) is 23.8 Å². The monoisotopic (exact) mass is 443 g/mol. The van der Waals surface area contributed by atoms with Crippen molar-refractivity contribution in [2.24, 2.45) is 11.7 Å². The van der Waals surface area contributed by atoms with Gasteiger partial charge in [0.05, 0.1) is 18.3 Å². The van der Waals surface area contributed by atoms with Gasteiger partial charge in [-0.2, -0.15) is 4.98 Å². The number of nitrogens with one attached hydrogen (secondary N) is 2. The van der Waals surface area contributed by atoms with Crippen molar-refractivity contribution in [1.82, 2.24) is 19.5 Å². The first-order chi connectivity index (χ1) is 14.9. The number of benzene rings is 1. The molecule has 3 aromatic rings. The molecule has 1 fully saturated rings. The molecule has 1 aromatic carbocycles. The first kappa shape index (κ1) is 21.8. The fourth-order valence-electron chi connectivity index (χ4n) is 4.06. The lowest BCUT2D eigenvalue weighted by Gasteiger charge is -2.30. The van der Waals surface area contributed by atoms with Gasteiger partial charge in [0.2, 0.25) is 11.9 Å². The molecule has 2 heterocycles. The molecule has 1 aliphatic rings. The summed E-state index contributed by atoms with van der Waals surface area (Å²) in [6.45, 7) is 4.51. The van der Waals surface area contributed by atoms with E-state index in [4.69, 9.17) is 27.3 Å². The number of aliphatic hydroxyl groups is 1. The molecule has 2 aromatic heterocycles. The van der Waals surface area contributed by atoms with Crippen LogP contribution in [-0.4, -0.2) is 43.3 Å². The molecule has 1 aliphatic carbocycles. The minimum absolute atomic E-state index is 0.0294. The summed E-state index contributed by atoms with van der Waals surface area (Å²) in [6, 6.07) is 7.85.